The summed E-state index contributed by atoms with van der Waals surface area (Å²) in [6.07, 6.45) is 47.1. The fourth-order valence-electron chi connectivity index (χ4n) is 5.50. The first-order chi connectivity index (χ1) is 25.8. The monoisotopic (exact) mass is 765 g/mol. The van der Waals surface area contributed by atoms with Crippen LogP contribution in [0, 0.1) is 0 Å². The van der Waals surface area contributed by atoms with Crippen molar-refractivity contribution < 1.29 is 37.6 Å². The van der Waals surface area contributed by atoms with Gasteiger partial charge in [-0.05, 0) is 84.0 Å². The lowest BCUT2D eigenvalue weighted by Gasteiger charge is -2.19. The minimum atomic E-state index is -4.29. The Kier molecular flexibility index (Phi) is 37.8. The molecule has 0 radical (unpaired) electrons. The predicted molar refractivity (Wildman–Crippen MR) is 221 cm³/mol. The SMILES string of the molecule is CC/C=C\C/C=C\C/C=C\C/C=C\CCCCC(=O)OC(COC(=O)CCCCCCCCC/C=C\CCCCCCCCC)COP(=O)(O)OCC. The number of carbonyl (C=O) groups is 2. The van der Waals surface area contributed by atoms with Crippen LogP contribution in [-0.4, -0.2) is 42.8 Å². The van der Waals surface area contributed by atoms with Crippen LogP contribution >= 0.6 is 7.82 Å². The lowest BCUT2D eigenvalue weighted by atomic mass is 10.1. The van der Waals surface area contributed by atoms with E-state index in [2.05, 4.69) is 74.6 Å². The minimum absolute atomic E-state index is 0.0107. The van der Waals surface area contributed by atoms with Gasteiger partial charge in [-0.2, -0.15) is 0 Å². The molecule has 8 nitrogen and oxygen atoms in total. The number of rotatable bonds is 38. The van der Waals surface area contributed by atoms with Gasteiger partial charge in [-0.3, -0.25) is 18.6 Å². The zero-order valence-corrected chi connectivity index (χ0v) is 34.8. The molecule has 2 atom stereocenters. The molecule has 2 unspecified atom stereocenters. The second-order valence-electron chi connectivity index (χ2n) is 13.6. The second-order valence-corrected chi connectivity index (χ2v) is 15.1. The Hall–Kier alpha value is -2.25. The first-order valence-corrected chi connectivity index (χ1v) is 22.6. The van der Waals surface area contributed by atoms with Gasteiger partial charge < -0.3 is 14.4 Å². The molecule has 0 bridgehead atoms. The van der Waals surface area contributed by atoms with Gasteiger partial charge in [-0.25, -0.2) is 4.57 Å². The summed E-state index contributed by atoms with van der Waals surface area (Å²) in [5, 5.41) is 0. The quantitative estimate of drug-likeness (QED) is 0.0286. The van der Waals surface area contributed by atoms with E-state index in [0.29, 0.717) is 6.42 Å². The topological polar surface area (TPSA) is 108 Å². The van der Waals surface area contributed by atoms with Crippen LogP contribution in [0.4, 0.5) is 0 Å². The zero-order chi connectivity index (χ0) is 38.9. The highest BCUT2D eigenvalue weighted by Crippen LogP contribution is 2.43. The highest BCUT2D eigenvalue weighted by atomic mass is 31.2. The number of esters is 2. The molecule has 0 aromatic carbocycles. The summed E-state index contributed by atoms with van der Waals surface area (Å²) in [5.41, 5.74) is 0. The molecule has 0 aromatic heterocycles. The van der Waals surface area contributed by atoms with Gasteiger partial charge in [0.2, 0.25) is 0 Å². The molecule has 306 valence electrons. The van der Waals surface area contributed by atoms with Crippen LogP contribution in [0.5, 0.6) is 0 Å². The molecule has 9 heteroatoms. The summed E-state index contributed by atoms with van der Waals surface area (Å²) < 4.78 is 32.6. The molecule has 0 saturated carbocycles. The average molecular weight is 765 g/mol. The van der Waals surface area contributed by atoms with Crippen molar-refractivity contribution >= 4 is 19.8 Å². The first kappa shape index (κ1) is 50.8. The Balaban J connectivity index is 4.16. The van der Waals surface area contributed by atoms with E-state index in [1.165, 1.54) is 70.6 Å². The molecule has 0 spiro atoms. The Morgan fingerprint density at radius 2 is 0.962 bits per heavy atom. The molecule has 0 rings (SSSR count). The van der Waals surface area contributed by atoms with E-state index < -0.39 is 26.5 Å². The Morgan fingerprint density at radius 3 is 1.51 bits per heavy atom. The molecule has 0 aliphatic carbocycles. The fraction of sp³-hybridized carbons (Fsp3) is 0.727. The first-order valence-electron chi connectivity index (χ1n) is 21.1. The number of unbranched alkanes of at least 4 members (excludes halogenated alkanes) is 16. The van der Waals surface area contributed by atoms with Gasteiger partial charge in [0.1, 0.15) is 6.61 Å². The van der Waals surface area contributed by atoms with Crippen molar-refractivity contribution in [1.82, 2.24) is 0 Å². The summed E-state index contributed by atoms with van der Waals surface area (Å²) in [4.78, 5) is 34.7. The number of carbonyl (C=O) groups excluding carboxylic acids is 2. The standard InChI is InChI=1S/C44H77O8P/c1-4-7-9-11-13-15-17-19-21-22-23-25-26-28-30-32-34-36-38-43(45)49-40-42(41-51-53(47,48)50-6-3)52-44(46)39-37-35-33-31-29-27-24-20-18-16-14-12-10-8-5-2/h8,10,14,16,20-22,24,29,31,42H,4-7,9,11-13,15,17-19,23,25-28,30,32-41H2,1-3H3,(H,47,48)/b10-8-,16-14-,22-21-,24-20-,31-29-. The Morgan fingerprint density at radius 1 is 0.528 bits per heavy atom. The molecular formula is C44H77O8P. The van der Waals surface area contributed by atoms with Gasteiger partial charge in [-0.1, -0.05) is 145 Å². The molecular weight excluding hydrogens is 687 g/mol. The molecule has 0 aliphatic rings. The van der Waals surface area contributed by atoms with Gasteiger partial charge >= 0.3 is 19.8 Å². The van der Waals surface area contributed by atoms with Crippen LogP contribution in [-0.2, 0) is 32.7 Å². The van der Waals surface area contributed by atoms with Gasteiger partial charge in [0.25, 0.3) is 0 Å². The van der Waals surface area contributed by atoms with Gasteiger partial charge in [-0.15, -0.1) is 0 Å². The number of hydrogen-bond donors (Lipinski definition) is 1. The minimum Gasteiger partial charge on any atom is -0.462 e. The maximum atomic E-state index is 12.5. The van der Waals surface area contributed by atoms with Crippen molar-refractivity contribution in [3.63, 3.8) is 0 Å². The summed E-state index contributed by atoms with van der Waals surface area (Å²) in [7, 11) is -4.29. The van der Waals surface area contributed by atoms with Crippen LogP contribution < -0.4 is 0 Å². The van der Waals surface area contributed by atoms with Crippen LogP contribution in [0.25, 0.3) is 0 Å². The van der Waals surface area contributed by atoms with Gasteiger partial charge in [0, 0.05) is 12.8 Å². The van der Waals surface area contributed by atoms with Gasteiger partial charge in [0.05, 0.1) is 13.2 Å². The van der Waals surface area contributed by atoms with Crippen LogP contribution in [0.2, 0.25) is 0 Å². The van der Waals surface area contributed by atoms with Crippen molar-refractivity contribution in [1.29, 1.82) is 0 Å². The van der Waals surface area contributed by atoms with Crippen molar-refractivity contribution in [2.75, 3.05) is 19.8 Å². The third-order valence-electron chi connectivity index (χ3n) is 8.56. The van der Waals surface area contributed by atoms with Crippen molar-refractivity contribution in [3.05, 3.63) is 60.8 Å². The molecule has 53 heavy (non-hydrogen) atoms. The third kappa shape index (κ3) is 39.3. The summed E-state index contributed by atoms with van der Waals surface area (Å²) in [5.74, 6) is -0.854. The smallest absolute Gasteiger partial charge is 0.462 e. The molecule has 0 aromatic rings. The maximum absolute atomic E-state index is 12.5. The molecule has 0 fully saturated rings. The van der Waals surface area contributed by atoms with Crippen molar-refractivity contribution in [3.8, 4) is 0 Å². The highest BCUT2D eigenvalue weighted by Gasteiger charge is 2.25. The van der Waals surface area contributed by atoms with Crippen molar-refractivity contribution in [2.45, 2.75) is 187 Å². The van der Waals surface area contributed by atoms with E-state index in [9.17, 15) is 19.0 Å². The van der Waals surface area contributed by atoms with E-state index in [0.717, 1.165) is 70.6 Å². The number of allylic oxidation sites excluding steroid dienone is 10. The maximum Gasteiger partial charge on any atom is 0.472 e. The van der Waals surface area contributed by atoms with E-state index in [-0.39, 0.29) is 32.0 Å². The Bertz CT molecular complexity index is 1050. The number of hydrogen-bond acceptors (Lipinski definition) is 7. The number of phosphoric acid groups is 1. The normalized spacial score (nSPS) is 14.0. The fourth-order valence-corrected chi connectivity index (χ4v) is 6.25. The Labute approximate surface area is 324 Å². The van der Waals surface area contributed by atoms with E-state index in [1.54, 1.807) is 6.92 Å². The van der Waals surface area contributed by atoms with Crippen LogP contribution in [0.1, 0.15) is 181 Å². The van der Waals surface area contributed by atoms with Crippen LogP contribution in [0.15, 0.2) is 60.8 Å². The second kappa shape index (κ2) is 39.4. The number of ether oxygens (including phenoxy) is 2. The summed E-state index contributed by atoms with van der Waals surface area (Å²) in [6, 6.07) is 0. The zero-order valence-electron chi connectivity index (χ0n) is 33.9. The van der Waals surface area contributed by atoms with E-state index >= 15 is 0 Å². The largest absolute Gasteiger partial charge is 0.472 e. The third-order valence-corrected chi connectivity index (χ3v) is 9.62. The van der Waals surface area contributed by atoms with E-state index in [4.69, 9.17) is 18.5 Å². The predicted octanol–water partition coefficient (Wildman–Crippen LogP) is 13.2. The van der Waals surface area contributed by atoms with Gasteiger partial charge in [0.15, 0.2) is 6.10 Å². The number of phosphoric ester groups is 1. The van der Waals surface area contributed by atoms with E-state index in [1.807, 2.05) is 0 Å². The molecule has 0 saturated heterocycles. The molecule has 1 N–H and O–H groups in total. The molecule has 0 aliphatic heterocycles. The van der Waals surface area contributed by atoms with Crippen LogP contribution in [0.3, 0.4) is 0 Å². The van der Waals surface area contributed by atoms with Crippen molar-refractivity contribution in [2.24, 2.45) is 0 Å². The summed E-state index contributed by atoms with van der Waals surface area (Å²) >= 11 is 0. The lowest BCUT2D eigenvalue weighted by molar-refractivity contribution is -0.161. The highest BCUT2D eigenvalue weighted by molar-refractivity contribution is 7.47. The molecule has 0 amide bonds. The summed E-state index contributed by atoms with van der Waals surface area (Å²) in [6.45, 7) is 5.30. The average Bonchev–Trinajstić information content (AvgIpc) is 3.13. The molecule has 0 heterocycles. The lowest BCUT2D eigenvalue weighted by Crippen LogP contribution is -2.29.